The molecule has 0 saturated heterocycles. The average Bonchev–Trinajstić information content (AvgIpc) is 3.18. The van der Waals surface area contributed by atoms with Gasteiger partial charge in [0.15, 0.2) is 0 Å². The number of hydrogen-bond acceptors (Lipinski definition) is 2. The first-order chi connectivity index (χ1) is 8.78. The standard InChI is InChI=1S/C14H20N2O2/c1-2-8-18-13-5-3-4-12(9-13)16-14(17)15-10-11-6-7-11/h3-5,9,11H,2,6-8,10H2,1H3,(H2,15,16,17). The Hall–Kier alpha value is -1.71. The van der Waals surface area contributed by atoms with Crippen molar-refractivity contribution >= 4 is 11.7 Å². The van der Waals surface area contributed by atoms with Gasteiger partial charge < -0.3 is 15.4 Å². The fourth-order valence-corrected chi connectivity index (χ4v) is 1.62. The van der Waals surface area contributed by atoms with E-state index in [1.807, 2.05) is 24.3 Å². The molecular weight excluding hydrogens is 228 g/mol. The molecule has 1 aliphatic rings. The second kappa shape index (κ2) is 6.28. The van der Waals surface area contributed by atoms with Crippen molar-refractivity contribution in [2.24, 2.45) is 5.92 Å². The first kappa shape index (κ1) is 12.7. The number of carbonyl (C=O) groups excluding carboxylic acids is 1. The summed E-state index contributed by atoms with van der Waals surface area (Å²) in [5, 5.41) is 5.68. The zero-order chi connectivity index (χ0) is 12.8. The van der Waals surface area contributed by atoms with Crippen LogP contribution in [0.4, 0.5) is 10.5 Å². The lowest BCUT2D eigenvalue weighted by Gasteiger charge is -2.09. The van der Waals surface area contributed by atoms with Gasteiger partial charge in [0, 0.05) is 18.3 Å². The molecule has 2 amide bonds. The lowest BCUT2D eigenvalue weighted by Crippen LogP contribution is -2.30. The summed E-state index contributed by atoms with van der Waals surface area (Å²) in [6.45, 7) is 3.53. The Bertz CT molecular complexity index is 403. The molecule has 1 saturated carbocycles. The summed E-state index contributed by atoms with van der Waals surface area (Å²) >= 11 is 0. The molecular formula is C14H20N2O2. The van der Waals surface area contributed by atoms with Gasteiger partial charge in [-0.2, -0.15) is 0 Å². The van der Waals surface area contributed by atoms with Crippen LogP contribution in [0.1, 0.15) is 26.2 Å². The van der Waals surface area contributed by atoms with E-state index in [1.165, 1.54) is 12.8 Å². The molecule has 0 aliphatic heterocycles. The van der Waals surface area contributed by atoms with E-state index in [9.17, 15) is 4.79 Å². The molecule has 1 aromatic carbocycles. The highest BCUT2D eigenvalue weighted by atomic mass is 16.5. The SMILES string of the molecule is CCCOc1cccc(NC(=O)NCC2CC2)c1. The highest BCUT2D eigenvalue weighted by Gasteiger charge is 2.21. The second-order valence-electron chi connectivity index (χ2n) is 4.65. The first-order valence-corrected chi connectivity index (χ1v) is 6.55. The average molecular weight is 248 g/mol. The molecule has 2 N–H and O–H groups in total. The number of carbonyl (C=O) groups is 1. The van der Waals surface area contributed by atoms with Crippen molar-refractivity contribution in [3.63, 3.8) is 0 Å². The van der Waals surface area contributed by atoms with Gasteiger partial charge in [-0.1, -0.05) is 13.0 Å². The number of anilines is 1. The smallest absolute Gasteiger partial charge is 0.319 e. The van der Waals surface area contributed by atoms with Gasteiger partial charge in [-0.25, -0.2) is 4.79 Å². The second-order valence-corrected chi connectivity index (χ2v) is 4.65. The molecule has 1 aliphatic carbocycles. The minimum atomic E-state index is -0.144. The minimum Gasteiger partial charge on any atom is -0.494 e. The molecule has 98 valence electrons. The Kier molecular flexibility index (Phi) is 4.45. The van der Waals surface area contributed by atoms with Gasteiger partial charge in [0.05, 0.1) is 6.61 Å². The van der Waals surface area contributed by atoms with Crippen LogP contribution in [0.2, 0.25) is 0 Å². The van der Waals surface area contributed by atoms with Crippen molar-refractivity contribution in [1.29, 1.82) is 0 Å². The van der Waals surface area contributed by atoms with E-state index in [-0.39, 0.29) is 6.03 Å². The lowest BCUT2D eigenvalue weighted by molar-refractivity contribution is 0.251. The van der Waals surface area contributed by atoms with Crippen molar-refractivity contribution in [3.05, 3.63) is 24.3 Å². The van der Waals surface area contributed by atoms with Crippen molar-refractivity contribution in [2.75, 3.05) is 18.5 Å². The Morgan fingerprint density at radius 1 is 1.44 bits per heavy atom. The van der Waals surface area contributed by atoms with Gasteiger partial charge in [0.25, 0.3) is 0 Å². The molecule has 4 heteroatoms. The highest BCUT2D eigenvalue weighted by molar-refractivity contribution is 5.89. The number of rotatable bonds is 6. The van der Waals surface area contributed by atoms with E-state index >= 15 is 0 Å². The van der Waals surface area contributed by atoms with E-state index in [1.54, 1.807) is 0 Å². The first-order valence-electron chi connectivity index (χ1n) is 6.55. The lowest BCUT2D eigenvalue weighted by atomic mass is 10.3. The van der Waals surface area contributed by atoms with Crippen LogP contribution >= 0.6 is 0 Å². The van der Waals surface area contributed by atoms with E-state index < -0.39 is 0 Å². The van der Waals surface area contributed by atoms with Crippen LogP contribution in [0.5, 0.6) is 5.75 Å². The molecule has 0 aromatic heterocycles. The normalized spacial score (nSPS) is 14.1. The molecule has 4 nitrogen and oxygen atoms in total. The molecule has 2 rings (SSSR count). The molecule has 0 radical (unpaired) electrons. The number of amides is 2. The van der Waals surface area contributed by atoms with E-state index in [2.05, 4.69) is 17.6 Å². The van der Waals surface area contributed by atoms with E-state index in [0.29, 0.717) is 12.5 Å². The summed E-state index contributed by atoms with van der Waals surface area (Å²) in [5.41, 5.74) is 0.761. The van der Waals surface area contributed by atoms with Crippen LogP contribution in [0, 0.1) is 5.92 Å². The number of nitrogens with one attached hydrogen (secondary N) is 2. The summed E-state index contributed by atoms with van der Waals surface area (Å²) in [4.78, 5) is 11.6. The van der Waals surface area contributed by atoms with Gasteiger partial charge >= 0.3 is 6.03 Å². The third kappa shape index (κ3) is 4.28. The minimum absolute atomic E-state index is 0.144. The van der Waals surface area contributed by atoms with Crippen molar-refractivity contribution < 1.29 is 9.53 Å². The quantitative estimate of drug-likeness (QED) is 0.813. The summed E-state index contributed by atoms with van der Waals surface area (Å²) < 4.78 is 5.51. The van der Waals surface area contributed by atoms with E-state index in [4.69, 9.17) is 4.74 Å². The monoisotopic (exact) mass is 248 g/mol. The predicted octanol–water partition coefficient (Wildman–Crippen LogP) is 3.01. The summed E-state index contributed by atoms with van der Waals surface area (Å²) in [5.74, 6) is 1.48. The number of urea groups is 1. The third-order valence-corrected chi connectivity index (χ3v) is 2.81. The fourth-order valence-electron chi connectivity index (χ4n) is 1.62. The maximum Gasteiger partial charge on any atom is 0.319 e. The van der Waals surface area contributed by atoms with Gasteiger partial charge in [-0.15, -0.1) is 0 Å². The predicted molar refractivity (Wildman–Crippen MR) is 72.0 cm³/mol. The van der Waals surface area contributed by atoms with Crippen molar-refractivity contribution in [3.8, 4) is 5.75 Å². The van der Waals surface area contributed by atoms with Crippen LogP contribution in [-0.4, -0.2) is 19.2 Å². The number of ether oxygens (including phenoxy) is 1. The molecule has 1 fully saturated rings. The van der Waals surface area contributed by atoms with Crippen LogP contribution in [0.3, 0.4) is 0 Å². The Morgan fingerprint density at radius 3 is 3.00 bits per heavy atom. The molecule has 0 spiro atoms. The zero-order valence-corrected chi connectivity index (χ0v) is 10.7. The molecule has 0 atom stereocenters. The van der Waals surface area contributed by atoms with Gasteiger partial charge in [-0.3, -0.25) is 0 Å². The van der Waals surface area contributed by atoms with Crippen LogP contribution in [-0.2, 0) is 0 Å². The van der Waals surface area contributed by atoms with Gasteiger partial charge in [-0.05, 0) is 37.3 Å². The van der Waals surface area contributed by atoms with Crippen molar-refractivity contribution in [2.45, 2.75) is 26.2 Å². The zero-order valence-electron chi connectivity index (χ0n) is 10.7. The van der Waals surface area contributed by atoms with E-state index in [0.717, 1.165) is 24.4 Å². The molecule has 1 aromatic rings. The topological polar surface area (TPSA) is 50.4 Å². The largest absolute Gasteiger partial charge is 0.494 e. The molecule has 0 heterocycles. The summed E-state index contributed by atoms with van der Waals surface area (Å²) in [6.07, 6.45) is 3.45. The maximum absolute atomic E-state index is 11.6. The van der Waals surface area contributed by atoms with Crippen LogP contribution in [0.25, 0.3) is 0 Å². The maximum atomic E-state index is 11.6. The fraction of sp³-hybridized carbons (Fsp3) is 0.500. The van der Waals surface area contributed by atoms with Crippen LogP contribution < -0.4 is 15.4 Å². The Morgan fingerprint density at radius 2 is 2.28 bits per heavy atom. The van der Waals surface area contributed by atoms with Crippen molar-refractivity contribution in [1.82, 2.24) is 5.32 Å². The number of benzene rings is 1. The van der Waals surface area contributed by atoms with Gasteiger partial charge in [0.2, 0.25) is 0 Å². The highest BCUT2D eigenvalue weighted by Crippen LogP contribution is 2.27. The summed E-state index contributed by atoms with van der Waals surface area (Å²) in [6, 6.07) is 7.32. The van der Waals surface area contributed by atoms with Gasteiger partial charge in [0.1, 0.15) is 5.75 Å². The Balaban J connectivity index is 1.81. The van der Waals surface area contributed by atoms with Crippen LogP contribution in [0.15, 0.2) is 24.3 Å². The Labute approximate surface area is 108 Å². The molecule has 0 unspecified atom stereocenters. The number of hydrogen-bond donors (Lipinski definition) is 2. The molecule has 18 heavy (non-hydrogen) atoms. The third-order valence-electron chi connectivity index (χ3n) is 2.81. The summed E-state index contributed by atoms with van der Waals surface area (Å²) in [7, 11) is 0. The molecule has 0 bridgehead atoms.